The summed E-state index contributed by atoms with van der Waals surface area (Å²) in [5.41, 5.74) is 5.61. The number of urea groups is 1. The SMILES string of the molecule is CC(OC(=O)c1ccc(NC(N)=O)cc1)C(=O)N(C)C1CCS(=O)(=O)C1. The number of esters is 1. The van der Waals surface area contributed by atoms with E-state index in [2.05, 4.69) is 5.32 Å². The molecule has 2 atom stereocenters. The van der Waals surface area contributed by atoms with Crippen LogP contribution in [0.3, 0.4) is 0 Å². The number of carbonyl (C=O) groups excluding carboxylic acids is 3. The molecule has 0 spiro atoms. The number of amides is 3. The van der Waals surface area contributed by atoms with Crippen LogP contribution in [0.15, 0.2) is 24.3 Å². The summed E-state index contributed by atoms with van der Waals surface area (Å²) in [4.78, 5) is 36.6. The predicted molar refractivity (Wildman–Crippen MR) is 94.4 cm³/mol. The van der Waals surface area contributed by atoms with Gasteiger partial charge in [0, 0.05) is 18.8 Å². The Morgan fingerprint density at radius 3 is 2.38 bits per heavy atom. The van der Waals surface area contributed by atoms with Crippen molar-refractivity contribution < 1.29 is 27.5 Å². The standard InChI is InChI=1S/C16H21N3O6S/c1-10(14(20)19(2)13-7-8-26(23,24)9-13)25-15(21)11-3-5-12(6-4-11)18-16(17)22/h3-6,10,13H,7-9H2,1-2H3,(H3,17,18,22). The number of hydrogen-bond acceptors (Lipinski definition) is 6. The highest BCUT2D eigenvalue weighted by atomic mass is 32.2. The van der Waals surface area contributed by atoms with E-state index in [0.29, 0.717) is 12.1 Å². The van der Waals surface area contributed by atoms with Crippen LogP contribution in [-0.4, -0.2) is 61.9 Å². The van der Waals surface area contributed by atoms with Gasteiger partial charge in [0.1, 0.15) is 0 Å². The van der Waals surface area contributed by atoms with E-state index in [4.69, 9.17) is 10.5 Å². The van der Waals surface area contributed by atoms with E-state index in [1.807, 2.05) is 0 Å². The average Bonchev–Trinajstić information content (AvgIpc) is 2.93. The second kappa shape index (κ2) is 7.73. The Kier molecular flexibility index (Phi) is 5.86. The van der Waals surface area contributed by atoms with Crippen LogP contribution in [-0.2, 0) is 19.4 Å². The van der Waals surface area contributed by atoms with Crippen molar-refractivity contribution in [3.63, 3.8) is 0 Å². The quantitative estimate of drug-likeness (QED) is 0.705. The fraction of sp³-hybridized carbons (Fsp3) is 0.438. The Morgan fingerprint density at radius 1 is 1.27 bits per heavy atom. The van der Waals surface area contributed by atoms with Gasteiger partial charge in [-0.05, 0) is 37.6 Å². The van der Waals surface area contributed by atoms with Crippen molar-refractivity contribution in [2.45, 2.75) is 25.5 Å². The number of nitrogens with one attached hydrogen (secondary N) is 1. The number of hydrogen-bond donors (Lipinski definition) is 2. The maximum absolute atomic E-state index is 12.4. The predicted octanol–water partition coefficient (Wildman–Crippen LogP) is 0.368. The molecule has 0 aliphatic carbocycles. The number of carbonyl (C=O) groups is 3. The number of primary amides is 1. The first-order chi connectivity index (χ1) is 12.1. The van der Waals surface area contributed by atoms with Crippen LogP contribution < -0.4 is 11.1 Å². The van der Waals surface area contributed by atoms with Gasteiger partial charge < -0.3 is 20.7 Å². The van der Waals surface area contributed by atoms with Crippen LogP contribution in [0, 0.1) is 0 Å². The smallest absolute Gasteiger partial charge is 0.338 e. The summed E-state index contributed by atoms with van der Waals surface area (Å²) in [5.74, 6) is -1.20. The Labute approximate surface area is 151 Å². The second-order valence-electron chi connectivity index (χ2n) is 6.12. The number of likely N-dealkylation sites (N-methyl/N-ethyl adjacent to an activating group) is 1. The third-order valence-electron chi connectivity index (χ3n) is 4.12. The van der Waals surface area contributed by atoms with Gasteiger partial charge in [-0.1, -0.05) is 0 Å². The lowest BCUT2D eigenvalue weighted by Crippen LogP contribution is -2.44. The normalized spacial score (nSPS) is 19.4. The zero-order chi connectivity index (χ0) is 19.5. The van der Waals surface area contributed by atoms with Crippen molar-refractivity contribution in [1.82, 2.24) is 4.90 Å². The van der Waals surface area contributed by atoms with Gasteiger partial charge >= 0.3 is 12.0 Å². The molecule has 1 aromatic rings. The highest BCUT2D eigenvalue weighted by molar-refractivity contribution is 7.91. The molecule has 3 amide bonds. The van der Waals surface area contributed by atoms with Gasteiger partial charge in [0.15, 0.2) is 15.9 Å². The second-order valence-corrected chi connectivity index (χ2v) is 8.35. The first-order valence-electron chi connectivity index (χ1n) is 7.93. The minimum atomic E-state index is -3.12. The molecule has 2 unspecified atom stereocenters. The van der Waals surface area contributed by atoms with E-state index < -0.39 is 39.9 Å². The van der Waals surface area contributed by atoms with Gasteiger partial charge in [-0.2, -0.15) is 0 Å². The van der Waals surface area contributed by atoms with Gasteiger partial charge in [-0.15, -0.1) is 0 Å². The summed E-state index contributed by atoms with van der Waals surface area (Å²) in [5, 5.41) is 2.36. The van der Waals surface area contributed by atoms with Crippen molar-refractivity contribution in [1.29, 1.82) is 0 Å². The van der Waals surface area contributed by atoms with Crippen molar-refractivity contribution >= 4 is 33.4 Å². The molecule has 1 fully saturated rings. The minimum Gasteiger partial charge on any atom is -0.449 e. The van der Waals surface area contributed by atoms with Crippen LogP contribution in [0.25, 0.3) is 0 Å². The zero-order valence-electron chi connectivity index (χ0n) is 14.5. The Balaban J connectivity index is 1.95. The summed E-state index contributed by atoms with van der Waals surface area (Å²) in [6.07, 6.45) is -0.682. The summed E-state index contributed by atoms with van der Waals surface area (Å²) in [6, 6.07) is 4.67. The number of nitrogens with zero attached hydrogens (tertiary/aromatic N) is 1. The summed E-state index contributed by atoms with van der Waals surface area (Å²) in [6.45, 7) is 1.43. The molecule has 10 heteroatoms. The molecular weight excluding hydrogens is 362 g/mol. The Bertz CT molecular complexity index is 806. The van der Waals surface area contributed by atoms with Crippen LogP contribution in [0.5, 0.6) is 0 Å². The monoisotopic (exact) mass is 383 g/mol. The van der Waals surface area contributed by atoms with E-state index in [0.717, 1.165) is 0 Å². The minimum absolute atomic E-state index is 0.0507. The molecule has 142 valence electrons. The zero-order valence-corrected chi connectivity index (χ0v) is 15.3. The lowest BCUT2D eigenvalue weighted by molar-refractivity contribution is -0.140. The van der Waals surface area contributed by atoms with Gasteiger partial charge in [-0.25, -0.2) is 18.0 Å². The number of ether oxygens (including phenoxy) is 1. The summed E-state index contributed by atoms with van der Waals surface area (Å²) in [7, 11) is -1.62. The molecule has 0 aromatic heterocycles. The number of anilines is 1. The van der Waals surface area contributed by atoms with Crippen molar-refractivity contribution in [3.8, 4) is 0 Å². The first kappa shape index (κ1) is 19.7. The number of nitrogens with two attached hydrogens (primary N) is 1. The fourth-order valence-electron chi connectivity index (χ4n) is 2.66. The molecule has 0 radical (unpaired) electrons. The topological polar surface area (TPSA) is 136 Å². The van der Waals surface area contributed by atoms with E-state index in [-0.39, 0.29) is 17.1 Å². The molecule has 0 bridgehead atoms. The van der Waals surface area contributed by atoms with E-state index in [1.165, 1.54) is 43.1 Å². The molecule has 1 aliphatic heterocycles. The highest BCUT2D eigenvalue weighted by Gasteiger charge is 2.35. The molecule has 1 saturated heterocycles. The number of benzene rings is 1. The van der Waals surface area contributed by atoms with Gasteiger partial charge in [0.05, 0.1) is 17.1 Å². The Hall–Kier alpha value is -2.62. The molecule has 1 aliphatic rings. The lowest BCUT2D eigenvalue weighted by atomic mass is 10.2. The fourth-order valence-corrected chi connectivity index (χ4v) is 4.43. The molecule has 0 saturated carbocycles. The lowest BCUT2D eigenvalue weighted by Gasteiger charge is -2.26. The van der Waals surface area contributed by atoms with Gasteiger partial charge in [0.25, 0.3) is 5.91 Å². The van der Waals surface area contributed by atoms with Gasteiger partial charge in [0.2, 0.25) is 0 Å². The van der Waals surface area contributed by atoms with E-state index in [1.54, 1.807) is 0 Å². The number of rotatable bonds is 5. The van der Waals surface area contributed by atoms with Crippen LogP contribution in [0.1, 0.15) is 23.7 Å². The maximum atomic E-state index is 12.4. The summed E-state index contributed by atoms with van der Waals surface area (Å²) >= 11 is 0. The third kappa shape index (κ3) is 4.94. The molecule has 2 rings (SSSR count). The van der Waals surface area contributed by atoms with Crippen LogP contribution in [0.2, 0.25) is 0 Å². The van der Waals surface area contributed by atoms with Crippen LogP contribution in [0.4, 0.5) is 10.5 Å². The van der Waals surface area contributed by atoms with Crippen LogP contribution >= 0.6 is 0 Å². The van der Waals surface area contributed by atoms with Crippen molar-refractivity contribution in [2.75, 3.05) is 23.9 Å². The van der Waals surface area contributed by atoms with E-state index in [9.17, 15) is 22.8 Å². The number of sulfone groups is 1. The molecule has 1 heterocycles. The molecule has 1 aromatic carbocycles. The average molecular weight is 383 g/mol. The largest absolute Gasteiger partial charge is 0.449 e. The van der Waals surface area contributed by atoms with Crippen molar-refractivity contribution in [3.05, 3.63) is 29.8 Å². The summed E-state index contributed by atoms with van der Waals surface area (Å²) < 4.78 is 28.2. The molecular formula is C16H21N3O6S. The highest BCUT2D eigenvalue weighted by Crippen LogP contribution is 2.18. The maximum Gasteiger partial charge on any atom is 0.338 e. The Morgan fingerprint density at radius 2 is 1.88 bits per heavy atom. The van der Waals surface area contributed by atoms with Gasteiger partial charge in [-0.3, -0.25) is 4.79 Å². The third-order valence-corrected chi connectivity index (χ3v) is 5.87. The molecule has 9 nitrogen and oxygen atoms in total. The van der Waals surface area contributed by atoms with E-state index >= 15 is 0 Å². The van der Waals surface area contributed by atoms with Crippen molar-refractivity contribution in [2.24, 2.45) is 5.73 Å². The first-order valence-corrected chi connectivity index (χ1v) is 9.76. The molecule has 3 N–H and O–H groups in total. The molecule has 26 heavy (non-hydrogen) atoms.